The second-order valence-electron chi connectivity index (χ2n) is 7.27. The summed E-state index contributed by atoms with van der Waals surface area (Å²) in [5, 5.41) is 13.7. The third kappa shape index (κ3) is 4.82. The van der Waals surface area contributed by atoms with E-state index in [-0.39, 0.29) is 10.8 Å². The van der Waals surface area contributed by atoms with Gasteiger partial charge >= 0.3 is 0 Å². The van der Waals surface area contributed by atoms with Gasteiger partial charge in [0.05, 0.1) is 21.5 Å². The fourth-order valence-corrected chi connectivity index (χ4v) is 4.78. The van der Waals surface area contributed by atoms with Crippen LogP contribution in [0.2, 0.25) is 0 Å². The molecule has 10 heteroatoms. The van der Waals surface area contributed by atoms with Crippen molar-refractivity contribution in [2.45, 2.75) is 42.2 Å². The molecule has 0 aliphatic carbocycles. The predicted octanol–water partition coefficient (Wildman–Crippen LogP) is 2.40. The van der Waals surface area contributed by atoms with Gasteiger partial charge < -0.3 is 5.32 Å². The highest BCUT2D eigenvalue weighted by Crippen LogP contribution is 2.34. The van der Waals surface area contributed by atoms with E-state index in [9.17, 15) is 13.2 Å². The van der Waals surface area contributed by atoms with Crippen molar-refractivity contribution in [3.63, 3.8) is 0 Å². The zero-order valence-corrected chi connectivity index (χ0v) is 19.0. The van der Waals surface area contributed by atoms with Crippen LogP contribution in [0.25, 0.3) is 11.0 Å². The minimum absolute atomic E-state index is 0.0665. The second-order valence-corrected chi connectivity index (χ2v) is 10.4. The van der Waals surface area contributed by atoms with Crippen molar-refractivity contribution >= 4 is 38.7 Å². The maximum Gasteiger partial charge on any atom is 0.254 e. The van der Waals surface area contributed by atoms with E-state index in [1.807, 2.05) is 14.0 Å². The molecule has 0 aliphatic rings. The van der Waals surface area contributed by atoms with Crippen LogP contribution in [0.15, 0.2) is 40.3 Å². The molecule has 0 spiro atoms. The van der Waals surface area contributed by atoms with Gasteiger partial charge in [-0.25, -0.2) is 18.5 Å². The molecule has 0 saturated carbocycles. The Bertz CT molecular complexity index is 1190. The van der Waals surface area contributed by atoms with Gasteiger partial charge in [0.2, 0.25) is 10.0 Å². The van der Waals surface area contributed by atoms with Gasteiger partial charge in [-0.3, -0.25) is 9.48 Å². The van der Waals surface area contributed by atoms with Crippen molar-refractivity contribution in [2.24, 2.45) is 12.2 Å². The van der Waals surface area contributed by atoms with E-state index in [4.69, 9.17) is 5.14 Å². The smallest absolute Gasteiger partial charge is 0.254 e. The Balaban J connectivity index is 1.77. The highest BCUT2D eigenvalue weighted by molar-refractivity contribution is 8.00. The predicted molar refractivity (Wildman–Crippen MR) is 118 cm³/mol. The van der Waals surface area contributed by atoms with Crippen molar-refractivity contribution in [2.75, 3.05) is 6.54 Å². The van der Waals surface area contributed by atoms with Crippen molar-refractivity contribution in [3.05, 3.63) is 47.3 Å². The van der Waals surface area contributed by atoms with Crippen LogP contribution >= 0.6 is 11.8 Å². The maximum atomic E-state index is 12.9. The topological polar surface area (TPSA) is 120 Å². The Morgan fingerprint density at radius 2 is 1.93 bits per heavy atom. The SMILES string of the molecule is Cc1nn(C)c2ncc(C(=O)NCCc3ccc(S(N)(=O)=O)cc3)c(SC(C)C)c12. The Morgan fingerprint density at radius 3 is 2.53 bits per heavy atom. The van der Waals surface area contributed by atoms with Crippen LogP contribution in [0.3, 0.4) is 0 Å². The first-order valence-corrected chi connectivity index (χ1v) is 11.9. The normalized spacial score (nSPS) is 11.9. The number of carbonyl (C=O) groups is 1. The highest BCUT2D eigenvalue weighted by Gasteiger charge is 2.21. The lowest BCUT2D eigenvalue weighted by Crippen LogP contribution is -2.26. The highest BCUT2D eigenvalue weighted by atomic mass is 32.2. The summed E-state index contributed by atoms with van der Waals surface area (Å²) in [5.41, 5.74) is 3.02. The number of fused-ring (bicyclic) bond motifs is 1. The monoisotopic (exact) mass is 447 g/mol. The van der Waals surface area contributed by atoms with Crippen LogP contribution in [0.5, 0.6) is 0 Å². The summed E-state index contributed by atoms with van der Waals surface area (Å²) >= 11 is 1.62. The minimum Gasteiger partial charge on any atom is -0.352 e. The number of hydrogen-bond acceptors (Lipinski definition) is 6. The van der Waals surface area contributed by atoms with Gasteiger partial charge in [0.25, 0.3) is 5.91 Å². The molecule has 30 heavy (non-hydrogen) atoms. The first-order valence-electron chi connectivity index (χ1n) is 9.47. The number of nitrogens with two attached hydrogens (primary N) is 1. The van der Waals surface area contributed by atoms with Crippen molar-refractivity contribution in [1.82, 2.24) is 20.1 Å². The van der Waals surface area contributed by atoms with E-state index >= 15 is 0 Å². The molecule has 2 aromatic heterocycles. The molecule has 3 N–H and O–H groups in total. The number of hydrogen-bond donors (Lipinski definition) is 2. The average Bonchev–Trinajstić information content (AvgIpc) is 2.95. The van der Waals surface area contributed by atoms with Crippen LogP contribution in [-0.4, -0.2) is 40.9 Å². The number of aryl methyl sites for hydroxylation is 2. The van der Waals surface area contributed by atoms with Crippen molar-refractivity contribution in [3.8, 4) is 0 Å². The standard InChI is InChI=1S/C20H25N5O3S2/c1-12(2)29-18-16(11-23-19-17(18)13(3)24-25(19)4)20(26)22-10-9-14-5-7-15(8-6-14)30(21,27)28/h5-8,11-12H,9-10H2,1-4H3,(H,22,26)(H2,21,27,28). The van der Waals surface area contributed by atoms with Crippen molar-refractivity contribution in [1.29, 1.82) is 0 Å². The molecular formula is C20H25N5O3S2. The van der Waals surface area contributed by atoms with Crippen LogP contribution in [0.1, 0.15) is 35.5 Å². The number of pyridine rings is 1. The zero-order chi connectivity index (χ0) is 22.1. The Kier molecular flexibility index (Phi) is 6.49. The molecule has 0 bridgehead atoms. The Labute approximate surface area is 180 Å². The molecule has 160 valence electrons. The number of nitrogens with zero attached hydrogens (tertiary/aromatic N) is 3. The first kappa shape index (κ1) is 22.3. The Morgan fingerprint density at radius 1 is 1.27 bits per heavy atom. The Hall–Kier alpha value is -2.43. The summed E-state index contributed by atoms with van der Waals surface area (Å²) in [7, 11) is -1.87. The number of sulfonamides is 1. The molecule has 0 fully saturated rings. The van der Waals surface area contributed by atoms with Gasteiger partial charge in [0.1, 0.15) is 0 Å². The number of nitrogens with one attached hydrogen (secondary N) is 1. The first-order chi connectivity index (χ1) is 14.1. The van der Waals surface area contributed by atoms with Crippen molar-refractivity contribution < 1.29 is 13.2 Å². The average molecular weight is 448 g/mol. The number of aromatic nitrogens is 3. The molecule has 0 aliphatic heterocycles. The molecule has 2 heterocycles. The lowest BCUT2D eigenvalue weighted by atomic mass is 10.1. The molecule has 0 atom stereocenters. The third-order valence-corrected chi connectivity index (χ3v) is 6.59. The second kappa shape index (κ2) is 8.75. The quantitative estimate of drug-likeness (QED) is 0.537. The van der Waals surface area contributed by atoms with Gasteiger partial charge in [-0.15, -0.1) is 11.8 Å². The number of benzene rings is 1. The summed E-state index contributed by atoms with van der Waals surface area (Å²) in [6, 6.07) is 6.32. The minimum atomic E-state index is -3.71. The van der Waals surface area contributed by atoms with Gasteiger partial charge in [-0.05, 0) is 31.0 Å². The lowest BCUT2D eigenvalue weighted by Gasteiger charge is -2.13. The number of primary sulfonamides is 1. The molecule has 3 aromatic rings. The van der Waals surface area contributed by atoms with E-state index in [0.29, 0.717) is 23.8 Å². The summed E-state index contributed by atoms with van der Waals surface area (Å²) in [4.78, 5) is 18.3. The van der Waals surface area contributed by atoms with Crippen LogP contribution in [-0.2, 0) is 23.5 Å². The molecule has 1 amide bonds. The third-order valence-electron chi connectivity index (χ3n) is 4.53. The summed E-state index contributed by atoms with van der Waals surface area (Å²) in [5.74, 6) is -0.197. The molecule has 0 unspecified atom stereocenters. The van der Waals surface area contributed by atoms with Gasteiger partial charge in [0.15, 0.2) is 5.65 Å². The van der Waals surface area contributed by atoms with E-state index in [1.165, 1.54) is 12.1 Å². The number of thioether (sulfide) groups is 1. The maximum absolute atomic E-state index is 12.9. The van der Waals surface area contributed by atoms with E-state index < -0.39 is 10.0 Å². The van der Waals surface area contributed by atoms with Crippen LogP contribution in [0, 0.1) is 6.92 Å². The molecule has 3 rings (SSSR count). The van der Waals surface area contributed by atoms with Crippen LogP contribution < -0.4 is 10.5 Å². The summed E-state index contributed by atoms with van der Waals surface area (Å²) in [6.07, 6.45) is 2.16. The van der Waals surface area contributed by atoms with E-state index in [0.717, 1.165) is 27.2 Å². The zero-order valence-electron chi connectivity index (χ0n) is 17.3. The molecule has 0 radical (unpaired) electrons. The van der Waals surface area contributed by atoms with Crippen LogP contribution in [0.4, 0.5) is 0 Å². The molecular weight excluding hydrogens is 422 g/mol. The number of amides is 1. The molecule has 0 saturated heterocycles. The van der Waals surface area contributed by atoms with Gasteiger partial charge in [0, 0.05) is 29.9 Å². The largest absolute Gasteiger partial charge is 0.352 e. The fourth-order valence-electron chi connectivity index (χ4n) is 3.16. The van der Waals surface area contributed by atoms with E-state index in [2.05, 4.69) is 29.2 Å². The summed E-state index contributed by atoms with van der Waals surface area (Å²) in [6.45, 7) is 6.48. The fraction of sp³-hybridized carbons (Fsp3) is 0.350. The number of rotatable bonds is 7. The molecule has 1 aromatic carbocycles. The summed E-state index contributed by atoms with van der Waals surface area (Å²) < 4.78 is 24.4. The van der Waals surface area contributed by atoms with Gasteiger partial charge in [-0.2, -0.15) is 5.10 Å². The number of carbonyl (C=O) groups excluding carboxylic acids is 1. The molecule has 8 nitrogen and oxygen atoms in total. The van der Waals surface area contributed by atoms with E-state index in [1.54, 1.807) is 34.8 Å². The van der Waals surface area contributed by atoms with Gasteiger partial charge in [-0.1, -0.05) is 26.0 Å². The lowest BCUT2D eigenvalue weighted by molar-refractivity contribution is 0.0951.